The molecule has 0 saturated heterocycles. The van der Waals surface area contributed by atoms with E-state index in [1.165, 1.54) is 6.21 Å². The number of hydrogen-bond donors (Lipinski definition) is 1. The molecule has 0 unspecified atom stereocenters. The molecule has 0 fully saturated rings. The van der Waals surface area contributed by atoms with Gasteiger partial charge in [0, 0.05) is 6.42 Å². The van der Waals surface area contributed by atoms with Gasteiger partial charge >= 0.3 is 5.97 Å². The standard InChI is InChI=1S/C18H17ClN2O4/c1-2-18(23)25-14-9-7-13(8-10-14)11-20-21-17(22)12-24-16-6-4-3-5-15(16)19/h3-11H,2,12H2,1H3,(H,21,22). The molecule has 2 aromatic rings. The largest absolute Gasteiger partial charge is 0.482 e. The number of nitrogens with zero attached hydrogens (tertiary/aromatic N) is 1. The number of carbonyl (C=O) groups is 2. The van der Waals surface area contributed by atoms with Crippen LogP contribution < -0.4 is 14.9 Å². The van der Waals surface area contributed by atoms with Crippen LogP contribution in [0.2, 0.25) is 5.02 Å². The van der Waals surface area contributed by atoms with Gasteiger partial charge < -0.3 is 9.47 Å². The Morgan fingerprint density at radius 2 is 1.88 bits per heavy atom. The molecule has 7 heteroatoms. The monoisotopic (exact) mass is 360 g/mol. The van der Waals surface area contributed by atoms with Crippen molar-refractivity contribution in [2.45, 2.75) is 13.3 Å². The van der Waals surface area contributed by atoms with Gasteiger partial charge in [0.25, 0.3) is 5.91 Å². The van der Waals surface area contributed by atoms with Gasteiger partial charge in [0.2, 0.25) is 0 Å². The van der Waals surface area contributed by atoms with Crippen molar-refractivity contribution < 1.29 is 19.1 Å². The Balaban J connectivity index is 1.79. The first kappa shape index (κ1) is 18.5. The highest BCUT2D eigenvalue weighted by Gasteiger charge is 2.04. The molecule has 1 N–H and O–H groups in total. The number of amides is 1. The molecule has 0 saturated carbocycles. The first-order valence-electron chi connectivity index (χ1n) is 7.58. The Labute approximate surface area is 150 Å². The Bertz CT molecular complexity index is 760. The van der Waals surface area contributed by atoms with Crippen LogP contribution in [0.1, 0.15) is 18.9 Å². The molecule has 0 aliphatic carbocycles. The van der Waals surface area contributed by atoms with E-state index in [0.717, 1.165) is 5.56 Å². The minimum absolute atomic E-state index is 0.201. The molecule has 6 nitrogen and oxygen atoms in total. The van der Waals surface area contributed by atoms with Gasteiger partial charge in [0.05, 0.1) is 11.2 Å². The summed E-state index contributed by atoms with van der Waals surface area (Å²) < 4.78 is 10.4. The second kappa shape index (κ2) is 9.44. The first-order valence-corrected chi connectivity index (χ1v) is 7.96. The molecule has 130 valence electrons. The van der Waals surface area contributed by atoms with Gasteiger partial charge in [-0.15, -0.1) is 0 Å². The third-order valence-electron chi connectivity index (χ3n) is 3.00. The SMILES string of the molecule is CCC(=O)Oc1ccc(C=NNC(=O)COc2ccccc2Cl)cc1. The van der Waals surface area contributed by atoms with Gasteiger partial charge in [-0.1, -0.05) is 30.7 Å². The van der Waals surface area contributed by atoms with E-state index in [1.54, 1.807) is 55.5 Å². The number of hydrazone groups is 1. The van der Waals surface area contributed by atoms with Crippen LogP contribution in [0, 0.1) is 0 Å². The van der Waals surface area contributed by atoms with E-state index < -0.39 is 5.91 Å². The molecular formula is C18H17ClN2O4. The average molecular weight is 361 g/mol. The Kier molecular flexibility index (Phi) is 6.98. The molecule has 1 amide bonds. The Morgan fingerprint density at radius 1 is 1.16 bits per heavy atom. The van der Waals surface area contributed by atoms with Crippen LogP contribution in [0.3, 0.4) is 0 Å². The molecule has 0 aliphatic heterocycles. The molecule has 0 heterocycles. The maximum Gasteiger partial charge on any atom is 0.310 e. The summed E-state index contributed by atoms with van der Waals surface area (Å²) in [6.45, 7) is 1.52. The van der Waals surface area contributed by atoms with Crippen molar-refractivity contribution in [1.29, 1.82) is 0 Å². The zero-order valence-corrected chi connectivity index (χ0v) is 14.3. The van der Waals surface area contributed by atoms with Crippen LogP contribution in [0.25, 0.3) is 0 Å². The number of rotatable bonds is 7. The van der Waals surface area contributed by atoms with Gasteiger partial charge in [0.1, 0.15) is 11.5 Å². The van der Waals surface area contributed by atoms with Crippen molar-refractivity contribution in [2.75, 3.05) is 6.61 Å². The average Bonchev–Trinajstić information content (AvgIpc) is 2.62. The van der Waals surface area contributed by atoms with Crippen LogP contribution in [0.15, 0.2) is 53.6 Å². The van der Waals surface area contributed by atoms with Crippen molar-refractivity contribution in [3.63, 3.8) is 0 Å². The molecular weight excluding hydrogens is 344 g/mol. The van der Waals surface area contributed by atoms with Crippen molar-refractivity contribution in [2.24, 2.45) is 5.10 Å². The van der Waals surface area contributed by atoms with Crippen LogP contribution in [-0.2, 0) is 9.59 Å². The molecule has 2 aromatic carbocycles. The number of nitrogens with one attached hydrogen (secondary N) is 1. The predicted molar refractivity (Wildman–Crippen MR) is 95.1 cm³/mol. The molecule has 0 atom stereocenters. The first-order chi connectivity index (χ1) is 12.1. The topological polar surface area (TPSA) is 77.0 Å². The van der Waals surface area contributed by atoms with Crippen molar-refractivity contribution in [1.82, 2.24) is 5.43 Å². The third kappa shape index (κ3) is 6.27. The lowest BCUT2D eigenvalue weighted by Gasteiger charge is -2.06. The summed E-state index contributed by atoms with van der Waals surface area (Å²) >= 11 is 5.93. The Morgan fingerprint density at radius 3 is 2.56 bits per heavy atom. The summed E-state index contributed by atoms with van der Waals surface area (Å²) in [5, 5.41) is 4.27. The normalized spacial score (nSPS) is 10.5. The van der Waals surface area contributed by atoms with Crippen molar-refractivity contribution >= 4 is 29.7 Å². The summed E-state index contributed by atoms with van der Waals surface area (Å²) in [6.07, 6.45) is 1.78. The molecule has 25 heavy (non-hydrogen) atoms. The van der Waals surface area contributed by atoms with E-state index in [0.29, 0.717) is 22.9 Å². The maximum absolute atomic E-state index is 11.7. The quantitative estimate of drug-likeness (QED) is 0.356. The number of para-hydroxylation sites is 1. The third-order valence-corrected chi connectivity index (χ3v) is 3.31. The van der Waals surface area contributed by atoms with Crippen LogP contribution in [-0.4, -0.2) is 24.7 Å². The predicted octanol–water partition coefficient (Wildman–Crippen LogP) is 3.18. The number of carbonyl (C=O) groups excluding carboxylic acids is 2. The number of hydrogen-bond acceptors (Lipinski definition) is 5. The molecule has 2 rings (SSSR count). The number of esters is 1. The zero-order valence-electron chi connectivity index (χ0n) is 13.6. The van der Waals surface area contributed by atoms with E-state index in [-0.39, 0.29) is 12.6 Å². The lowest BCUT2D eigenvalue weighted by atomic mass is 10.2. The van der Waals surface area contributed by atoms with Crippen LogP contribution in [0.4, 0.5) is 0 Å². The van der Waals surface area contributed by atoms with E-state index >= 15 is 0 Å². The summed E-state index contributed by atoms with van der Waals surface area (Å²) in [5.41, 5.74) is 3.09. The minimum Gasteiger partial charge on any atom is -0.482 e. The lowest BCUT2D eigenvalue weighted by Crippen LogP contribution is -2.24. The fourth-order valence-electron chi connectivity index (χ4n) is 1.74. The highest BCUT2D eigenvalue weighted by Crippen LogP contribution is 2.22. The minimum atomic E-state index is -0.412. The molecule has 0 radical (unpaired) electrons. The van der Waals surface area contributed by atoms with Crippen molar-refractivity contribution in [3.8, 4) is 11.5 Å². The lowest BCUT2D eigenvalue weighted by molar-refractivity contribution is -0.134. The number of halogens is 1. The smallest absolute Gasteiger partial charge is 0.310 e. The summed E-state index contributed by atoms with van der Waals surface area (Å²) in [7, 11) is 0. The molecule has 0 aromatic heterocycles. The van der Waals surface area contributed by atoms with E-state index in [1.807, 2.05) is 0 Å². The highest BCUT2D eigenvalue weighted by atomic mass is 35.5. The highest BCUT2D eigenvalue weighted by molar-refractivity contribution is 6.32. The van der Waals surface area contributed by atoms with E-state index in [2.05, 4.69) is 10.5 Å². The van der Waals surface area contributed by atoms with Crippen LogP contribution in [0.5, 0.6) is 11.5 Å². The van der Waals surface area contributed by atoms with Gasteiger partial charge in [-0.05, 0) is 42.0 Å². The summed E-state index contributed by atoms with van der Waals surface area (Å²) in [5.74, 6) is 0.179. The molecule has 0 aliphatic rings. The van der Waals surface area contributed by atoms with E-state index in [9.17, 15) is 9.59 Å². The fraction of sp³-hybridized carbons (Fsp3) is 0.167. The molecule has 0 bridgehead atoms. The fourth-order valence-corrected chi connectivity index (χ4v) is 1.93. The summed E-state index contributed by atoms with van der Waals surface area (Å²) in [4.78, 5) is 22.9. The Hall–Kier alpha value is -2.86. The maximum atomic E-state index is 11.7. The second-order valence-corrected chi connectivity index (χ2v) is 5.32. The second-order valence-electron chi connectivity index (χ2n) is 4.91. The number of ether oxygens (including phenoxy) is 2. The van der Waals surface area contributed by atoms with Gasteiger partial charge in [0.15, 0.2) is 6.61 Å². The number of benzene rings is 2. The van der Waals surface area contributed by atoms with Crippen LogP contribution >= 0.6 is 11.6 Å². The van der Waals surface area contributed by atoms with E-state index in [4.69, 9.17) is 21.1 Å². The van der Waals surface area contributed by atoms with Crippen molar-refractivity contribution in [3.05, 3.63) is 59.1 Å². The van der Waals surface area contributed by atoms with Gasteiger partial charge in [-0.25, -0.2) is 5.43 Å². The zero-order chi connectivity index (χ0) is 18.1. The summed E-state index contributed by atoms with van der Waals surface area (Å²) in [6, 6.07) is 13.6. The van der Waals surface area contributed by atoms with Gasteiger partial charge in [-0.2, -0.15) is 5.10 Å². The van der Waals surface area contributed by atoms with Gasteiger partial charge in [-0.3, -0.25) is 9.59 Å². The molecule has 0 spiro atoms.